The van der Waals surface area contributed by atoms with Crippen LogP contribution in [0.3, 0.4) is 0 Å². The fourth-order valence-corrected chi connectivity index (χ4v) is 1.72. The van der Waals surface area contributed by atoms with Gasteiger partial charge in [-0.15, -0.1) is 0 Å². The Morgan fingerprint density at radius 3 is 2.88 bits per heavy atom. The molecule has 0 saturated carbocycles. The summed E-state index contributed by atoms with van der Waals surface area (Å²) in [5.74, 6) is 0.960. The van der Waals surface area contributed by atoms with Crippen molar-refractivity contribution in [2.24, 2.45) is 0 Å². The molecule has 0 aliphatic carbocycles. The molecule has 1 unspecified atom stereocenters. The summed E-state index contributed by atoms with van der Waals surface area (Å²) in [6.45, 7) is 6.85. The van der Waals surface area contributed by atoms with Crippen molar-refractivity contribution in [2.75, 3.05) is 19.8 Å². The first-order valence-corrected chi connectivity index (χ1v) is 6.59. The van der Waals surface area contributed by atoms with Gasteiger partial charge in [0.15, 0.2) is 4.67 Å². The smallest absolute Gasteiger partial charge is 0.169 e. The van der Waals surface area contributed by atoms with E-state index in [-0.39, 0.29) is 6.04 Å². The minimum atomic E-state index is 0.248. The molecule has 0 radical (unpaired) electrons. The van der Waals surface area contributed by atoms with Gasteiger partial charge in [0.25, 0.3) is 0 Å². The van der Waals surface area contributed by atoms with Crippen molar-refractivity contribution in [1.29, 1.82) is 0 Å². The zero-order chi connectivity index (χ0) is 11.8. The van der Waals surface area contributed by atoms with Crippen molar-refractivity contribution in [3.8, 4) is 0 Å². The van der Waals surface area contributed by atoms with Crippen molar-refractivity contribution >= 4 is 15.9 Å². The van der Waals surface area contributed by atoms with Crippen LogP contribution in [0, 0.1) is 0 Å². The van der Waals surface area contributed by atoms with Crippen LogP contribution in [0.4, 0.5) is 0 Å². The molecule has 0 spiro atoms. The second-order valence-corrected chi connectivity index (χ2v) is 4.57. The Balaban J connectivity index is 2.09. The number of ether oxygens (including phenoxy) is 1. The molecular formula is C12H20BrNO2. The van der Waals surface area contributed by atoms with Crippen LogP contribution in [0.1, 0.15) is 38.5 Å². The Labute approximate surface area is 106 Å². The molecule has 0 fully saturated rings. The summed E-state index contributed by atoms with van der Waals surface area (Å²) < 4.78 is 11.6. The Morgan fingerprint density at radius 2 is 2.25 bits per heavy atom. The normalized spacial score (nSPS) is 12.9. The van der Waals surface area contributed by atoms with E-state index in [0.717, 1.165) is 43.0 Å². The van der Waals surface area contributed by atoms with Crippen LogP contribution in [0.5, 0.6) is 0 Å². The molecule has 1 heterocycles. The van der Waals surface area contributed by atoms with Crippen molar-refractivity contribution in [1.82, 2.24) is 5.32 Å². The maximum Gasteiger partial charge on any atom is 0.169 e. The van der Waals surface area contributed by atoms with Crippen molar-refractivity contribution in [2.45, 2.75) is 32.7 Å². The van der Waals surface area contributed by atoms with Crippen LogP contribution in [-0.4, -0.2) is 19.8 Å². The van der Waals surface area contributed by atoms with Gasteiger partial charge in [-0.3, -0.25) is 0 Å². The number of nitrogens with one attached hydrogen (secondary N) is 1. The van der Waals surface area contributed by atoms with E-state index in [1.165, 1.54) is 0 Å². The predicted molar refractivity (Wildman–Crippen MR) is 68.6 cm³/mol. The fourth-order valence-electron chi connectivity index (χ4n) is 1.40. The molecule has 4 heteroatoms. The summed E-state index contributed by atoms with van der Waals surface area (Å²) in [5.41, 5.74) is 0. The van der Waals surface area contributed by atoms with Gasteiger partial charge < -0.3 is 14.5 Å². The molecular weight excluding hydrogens is 270 g/mol. The first-order chi connectivity index (χ1) is 7.74. The molecule has 92 valence electrons. The van der Waals surface area contributed by atoms with Crippen LogP contribution in [0.25, 0.3) is 0 Å². The van der Waals surface area contributed by atoms with Gasteiger partial charge in [-0.05, 0) is 54.4 Å². The van der Waals surface area contributed by atoms with Crippen LogP contribution in [0.15, 0.2) is 21.2 Å². The highest BCUT2D eigenvalue weighted by molar-refractivity contribution is 9.10. The topological polar surface area (TPSA) is 34.4 Å². The average molecular weight is 290 g/mol. The minimum absolute atomic E-state index is 0.248. The van der Waals surface area contributed by atoms with Gasteiger partial charge in [-0.25, -0.2) is 0 Å². The fraction of sp³-hybridized carbons (Fsp3) is 0.667. The second-order valence-electron chi connectivity index (χ2n) is 3.78. The van der Waals surface area contributed by atoms with E-state index in [4.69, 9.17) is 9.15 Å². The van der Waals surface area contributed by atoms with Gasteiger partial charge in [0.2, 0.25) is 0 Å². The highest BCUT2D eigenvalue weighted by Crippen LogP contribution is 2.19. The van der Waals surface area contributed by atoms with Gasteiger partial charge >= 0.3 is 0 Å². The lowest BCUT2D eigenvalue weighted by atomic mass is 10.2. The highest BCUT2D eigenvalue weighted by Gasteiger charge is 2.08. The summed E-state index contributed by atoms with van der Waals surface area (Å²) in [7, 11) is 0. The molecule has 1 atom stereocenters. The molecule has 0 saturated heterocycles. The lowest BCUT2D eigenvalue weighted by Gasteiger charge is -2.11. The zero-order valence-corrected chi connectivity index (χ0v) is 11.5. The highest BCUT2D eigenvalue weighted by atomic mass is 79.9. The average Bonchev–Trinajstić information content (AvgIpc) is 2.70. The van der Waals surface area contributed by atoms with E-state index in [9.17, 15) is 0 Å². The van der Waals surface area contributed by atoms with Crippen LogP contribution >= 0.6 is 15.9 Å². The summed E-state index contributed by atoms with van der Waals surface area (Å²) in [6, 6.07) is 4.14. The number of furan rings is 1. The molecule has 16 heavy (non-hydrogen) atoms. The third kappa shape index (κ3) is 5.14. The van der Waals surface area contributed by atoms with E-state index < -0.39 is 0 Å². The standard InChI is InChI=1S/C12H20BrNO2/c1-3-8-15-9-4-7-14-10(2)11-5-6-12(13)16-11/h5-6,10,14H,3-4,7-9H2,1-2H3. The maximum atomic E-state index is 5.46. The van der Waals surface area contributed by atoms with E-state index in [1.54, 1.807) is 0 Å². The Hall–Kier alpha value is -0.320. The summed E-state index contributed by atoms with van der Waals surface area (Å²) in [4.78, 5) is 0. The number of hydrogen-bond donors (Lipinski definition) is 1. The number of hydrogen-bond acceptors (Lipinski definition) is 3. The van der Waals surface area contributed by atoms with E-state index in [1.807, 2.05) is 12.1 Å². The summed E-state index contributed by atoms with van der Waals surface area (Å²) >= 11 is 3.30. The lowest BCUT2D eigenvalue weighted by molar-refractivity contribution is 0.131. The SMILES string of the molecule is CCCOCCCNC(C)c1ccc(Br)o1. The van der Waals surface area contributed by atoms with Gasteiger partial charge in [-0.2, -0.15) is 0 Å². The second kappa shape index (κ2) is 7.87. The van der Waals surface area contributed by atoms with Crippen molar-refractivity contribution in [3.63, 3.8) is 0 Å². The van der Waals surface area contributed by atoms with Crippen LogP contribution < -0.4 is 5.32 Å². The van der Waals surface area contributed by atoms with Crippen LogP contribution in [0.2, 0.25) is 0 Å². The largest absolute Gasteiger partial charge is 0.453 e. The molecule has 0 aliphatic heterocycles. The molecule has 3 nitrogen and oxygen atoms in total. The molecule has 1 rings (SSSR count). The minimum Gasteiger partial charge on any atom is -0.453 e. The molecule has 0 aromatic carbocycles. The van der Waals surface area contributed by atoms with Gasteiger partial charge in [0, 0.05) is 13.2 Å². The monoisotopic (exact) mass is 289 g/mol. The molecule has 0 aliphatic rings. The van der Waals surface area contributed by atoms with E-state index in [2.05, 4.69) is 35.1 Å². The van der Waals surface area contributed by atoms with Gasteiger partial charge in [0.1, 0.15) is 5.76 Å². The first kappa shape index (κ1) is 13.7. The molecule has 1 aromatic rings. The Kier molecular flexibility index (Phi) is 6.76. The maximum absolute atomic E-state index is 5.46. The summed E-state index contributed by atoms with van der Waals surface area (Å²) in [6.07, 6.45) is 2.12. The molecule has 1 N–H and O–H groups in total. The number of rotatable bonds is 8. The van der Waals surface area contributed by atoms with Gasteiger partial charge in [-0.1, -0.05) is 6.92 Å². The Morgan fingerprint density at radius 1 is 1.44 bits per heavy atom. The predicted octanol–water partition coefficient (Wildman–Crippen LogP) is 3.51. The lowest BCUT2D eigenvalue weighted by Crippen LogP contribution is -2.20. The molecule has 0 amide bonds. The van der Waals surface area contributed by atoms with E-state index >= 15 is 0 Å². The summed E-state index contributed by atoms with van der Waals surface area (Å²) in [5, 5.41) is 3.39. The van der Waals surface area contributed by atoms with Crippen LogP contribution in [-0.2, 0) is 4.74 Å². The first-order valence-electron chi connectivity index (χ1n) is 5.80. The zero-order valence-electron chi connectivity index (χ0n) is 9.96. The Bertz CT molecular complexity index is 288. The third-order valence-corrected chi connectivity index (χ3v) is 2.71. The number of halogens is 1. The quantitative estimate of drug-likeness (QED) is 0.744. The third-order valence-electron chi connectivity index (χ3n) is 2.29. The molecule has 1 aromatic heterocycles. The van der Waals surface area contributed by atoms with Crippen molar-refractivity contribution < 1.29 is 9.15 Å². The van der Waals surface area contributed by atoms with E-state index in [0.29, 0.717) is 0 Å². The van der Waals surface area contributed by atoms with Crippen molar-refractivity contribution in [3.05, 3.63) is 22.6 Å². The van der Waals surface area contributed by atoms with Gasteiger partial charge in [0.05, 0.1) is 6.04 Å². The molecule has 0 bridgehead atoms.